The zero-order valence-corrected chi connectivity index (χ0v) is 12.2. The molecule has 0 aliphatic carbocycles. The van der Waals surface area contributed by atoms with Crippen LogP contribution < -0.4 is 5.32 Å². The van der Waals surface area contributed by atoms with Gasteiger partial charge in [0.25, 0.3) is 0 Å². The Hall–Kier alpha value is -0.570. The maximum atomic E-state index is 11.4. The van der Waals surface area contributed by atoms with E-state index in [0.29, 0.717) is 18.3 Å². The SMILES string of the molecule is CCC(C)C(C)NC(C)(CCC(C)C)C(=O)O. The highest BCUT2D eigenvalue weighted by molar-refractivity contribution is 5.78. The molecule has 0 radical (unpaired) electrons. The first-order valence-corrected chi connectivity index (χ1v) is 6.74. The summed E-state index contributed by atoms with van der Waals surface area (Å²) in [4.78, 5) is 11.4. The lowest BCUT2D eigenvalue weighted by molar-refractivity contribution is -0.145. The van der Waals surface area contributed by atoms with E-state index in [9.17, 15) is 9.90 Å². The van der Waals surface area contributed by atoms with Crippen LogP contribution in [0.15, 0.2) is 0 Å². The highest BCUT2D eigenvalue weighted by Gasteiger charge is 2.34. The predicted molar refractivity (Wildman–Crippen MR) is 72.2 cm³/mol. The van der Waals surface area contributed by atoms with E-state index in [4.69, 9.17) is 0 Å². The fourth-order valence-electron chi connectivity index (χ4n) is 1.82. The molecule has 102 valence electrons. The number of aliphatic carboxylic acids is 1. The van der Waals surface area contributed by atoms with Gasteiger partial charge in [-0.3, -0.25) is 10.1 Å². The number of carbonyl (C=O) groups is 1. The molecule has 0 aromatic rings. The fraction of sp³-hybridized carbons (Fsp3) is 0.929. The summed E-state index contributed by atoms with van der Waals surface area (Å²) in [6.07, 6.45) is 2.68. The number of nitrogens with one attached hydrogen (secondary N) is 1. The monoisotopic (exact) mass is 243 g/mol. The average molecular weight is 243 g/mol. The normalized spacial score (nSPS) is 18.8. The Balaban J connectivity index is 4.55. The number of hydrogen-bond donors (Lipinski definition) is 2. The topological polar surface area (TPSA) is 49.3 Å². The summed E-state index contributed by atoms with van der Waals surface area (Å²) in [5.41, 5.74) is -0.798. The summed E-state index contributed by atoms with van der Waals surface area (Å²) in [5, 5.41) is 12.7. The van der Waals surface area contributed by atoms with Crippen molar-refractivity contribution in [2.75, 3.05) is 0 Å². The third-order valence-corrected chi connectivity index (χ3v) is 3.74. The van der Waals surface area contributed by atoms with E-state index in [-0.39, 0.29) is 6.04 Å². The van der Waals surface area contributed by atoms with Gasteiger partial charge in [0.15, 0.2) is 0 Å². The van der Waals surface area contributed by atoms with Crippen molar-refractivity contribution in [2.24, 2.45) is 11.8 Å². The van der Waals surface area contributed by atoms with Crippen molar-refractivity contribution in [2.45, 2.75) is 72.4 Å². The predicted octanol–water partition coefficient (Wildman–Crippen LogP) is 3.29. The molecule has 0 fully saturated rings. The quantitative estimate of drug-likeness (QED) is 0.687. The van der Waals surface area contributed by atoms with Gasteiger partial charge in [-0.15, -0.1) is 0 Å². The largest absolute Gasteiger partial charge is 0.480 e. The molecule has 0 saturated carbocycles. The molecule has 3 atom stereocenters. The van der Waals surface area contributed by atoms with E-state index >= 15 is 0 Å². The molecule has 17 heavy (non-hydrogen) atoms. The first kappa shape index (κ1) is 16.4. The lowest BCUT2D eigenvalue weighted by Gasteiger charge is -2.33. The van der Waals surface area contributed by atoms with Crippen molar-refractivity contribution in [1.82, 2.24) is 5.32 Å². The molecule has 3 unspecified atom stereocenters. The molecule has 2 N–H and O–H groups in total. The standard InChI is InChI=1S/C14H29NO2/c1-7-11(4)12(5)15-14(6,13(16)17)9-8-10(2)3/h10-12,15H,7-9H2,1-6H3,(H,16,17). The van der Waals surface area contributed by atoms with Crippen molar-refractivity contribution in [3.63, 3.8) is 0 Å². The van der Waals surface area contributed by atoms with Crippen molar-refractivity contribution < 1.29 is 9.90 Å². The zero-order valence-electron chi connectivity index (χ0n) is 12.2. The first-order valence-electron chi connectivity index (χ1n) is 6.74. The van der Waals surface area contributed by atoms with Crippen LogP contribution in [0.2, 0.25) is 0 Å². The molecule has 0 amide bonds. The number of carboxylic acid groups (broad SMARTS) is 1. The zero-order chi connectivity index (χ0) is 13.6. The van der Waals surface area contributed by atoms with E-state index in [0.717, 1.165) is 12.8 Å². The third kappa shape index (κ3) is 5.53. The molecule has 0 aromatic carbocycles. The Morgan fingerprint density at radius 3 is 2.18 bits per heavy atom. The smallest absolute Gasteiger partial charge is 0.323 e. The third-order valence-electron chi connectivity index (χ3n) is 3.74. The van der Waals surface area contributed by atoms with Crippen LogP contribution in [0.4, 0.5) is 0 Å². The highest BCUT2D eigenvalue weighted by Crippen LogP contribution is 2.20. The second-order valence-electron chi connectivity index (χ2n) is 5.89. The maximum absolute atomic E-state index is 11.4. The van der Waals surface area contributed by atoms with Gasteiger partial charge in [-0.2, -0.15) is 0 Å². The second kappa shape index (κ2) is 7.00. The van der Waals surface area contributed by atoms with Crippen molar-refractivity contribution in [3.05, 3.63) is 0 Å². The van der Waals surface area contributed by atoms with Gasteiger partial charge in [-0.25, -0.2) is 0 Å². The molecule has 0 bridgehead atoms. The molecule has 0 rings (SSSR count). The minimum absolute atomic E-state index is 0.230. The van der Waals surface area contributed by atoms with E-state index in [1.54, 1.807) is 6.92 Å². The Morgan fingerprint density at radius 1 is 1.29 bits per heavy atom. The van der Waals surface area contributed by atoms with Gasteiger partial charge in [0.2, 0.25) is 0 Å². The van der Waals surface area contributed by atoms with Crippen LogP contribution in [-0.2, 0) is 4.79 Å². The number of hydrogen-bond acceptors (Lipinski definition) is 2. The summed E-state index contributed by atoms with van der Waals surface area (Å²) in [7, 11) is 0. The van der Waals surface area contributed by atoms with Crippen LogP contribution in [0, 0.1) is 11.8 Å². The van der Waals surface area contributed by atoms with Gasteiger partial charge < -0.3 is 5.11 Å². The number of rotatable bonds is 8. The minimum atomic E-state index is -0.798. The Labute approximate surface area is 106 Å². The highest BCUT2D eigenvalue weighted by atomic mass is 16.4. The fourth-order valence-corrected chi connectivity index (χ4v) is 1.82. The van der Waals surface area contributed by atoms with E-state index in [1.165, 1.54) is 0 Å². The average Bonchev–Trinajstić information content (AvgIpc) is 2.24. The van der Waals surface area contributed by atoms with Gasteiger partial charge in [-0.1, -0.05) is 34.1 Å². The van der Waals surface area contributed by atoms with Crippen LogP contribution in [0.25, 0.3) is 0 Å². The van der Waals surface area contributed by atoms with Gasteiger partial charge in [0.05, 0.1) is 0 Å². The molecule has 0 heterocycles. The van der Waals surface area contributed by atoms with Gasteiger partial charge in [0.1, 0.15) is 5.54 Å². The maximum Gasteiger partial charge on any atom is 0.323 e. The van der Waals surface area contributed by atoms with E-state index in [2.05, 4.69) is 39.9 Å². The number of carboxylic acids is 1. The molecule has 3 nitrogen and oxygen atoms in total. The summed E-state index contributed by atoms with van der Waals surface area (Å²) >= 11 is 0. The minimum Gasteiger partial charge on any atom is -0.480 e. The Kier molecular flexibility index (Phi) is 6.76. The van der Waals surface area contributed by atoms with Gasteiger partial charge in [0, 0.05) is 6.04 Å². The molecule has 3 heteroatoms. The van der Waals surface area contributed by atoms with Crippen LogP contribution in [0.3, 0.4) is 0 Å². The molecule has 0 aliphatic heterocycles. The lowest BCUT2D eigenvalue weighted by Crippen LogP contribution is -2.54. The summed E-state index contributed by atoms with van der Waals surface area (Å²) in [6.45, 7) is 12.4. The molecule has 0 spiro atoms. The summed E-state index contributed by atoms with van der Waals surface area (Å²) in [5.74, 6) is 0.287. The first-order chi connectivity index (χ1) is 7.73. The molecular formula is C14H29NO2. The van der Waals surface area contributed by atoms with Gasteiger partial charge in [-0.05, 0) is 38.5 Å². The summed E-state index contributed by atoms with van der Waals surface area (Å²) < 4.78 is 0. The molecule has 0 saturated heterocycles. The van der Waals surface area contributed by atoms with Crippen LogP contribution in [0.1, 0.15) is 60.8 Å². The van der Waals surface area contributed by atoms with E-state index < -0.39 is 11.5 Å². The summed E-state index contributed by atoms with van der Waals surface area (Å²) in [6, 6.07) is 0.230. The Morgan fingerprint density at radius 2 is 1.82 bits per heavy atom. The van der Waals surface area contributed by atoms with Crippen molar-refractivity contribution >= 4 is 5.97 Å². The van der Waals surface area contributed by atoms with Crippen molar-refractivity contribution in [1.29, 1.82) is 0 Å². The lowest BCUT2D eigenvalue weighted by atomic mass is 9.89. The second-order valence-corrected chi connectivity index (χ2v) is 5.89. The molecule has 0 aromatic heterocycles. The van der Waals surface area contributed by atoms with Crippen LogP contribution in [0.5, 0.6) is 0 Å². The Bertz CT molecular complexity index is 240. The van der Waals surface area contributed by atoms with Crippen molar-refractivity contribution in [3.8, 4) is 0 Å². The molecule has 0 aliphatic rings. The van der Waals surface area contributed by atoms with Crippen LogP contribution in [-0.4, -0.2) is 22.7 Å². The van der Waals surface area contributed by atoms with E-state index in [1.807, 2.05) is 0 Å². The van der Waals surface area contributed by atoms with Gasteiger partial charge >= 0.3 is 5.97 Å². The van der Waals surface area contributed by atoms with Crippen LogP contribution >= 0.6 is 0 Å². The molecular weight excluding hydrogens is 214 g/mol.